The standard InChI is InChI=1S/C16H27NO2/c1-3-7-16(12-17-10-11-18-2)14-19-13-15-8-5-4-6-9-15/h4-6,8-9,16-17H,3,7,10-14H2,1-2H3. The van der Waals surface area contributed by atoms with Crippen molar-refractivity contribution in [3.63, 3.8) is 0 Å². The third-order valence-corrected chi connectivity index (χ3v) is 3.08. The maximum absolute atomic E-state index is 5.82. The Morgan fingerprint density at radius 2 is 2.00 bits per heavy atom. The van der Waals surface area contributed by atoms with Crippen molar-refractivity contribution in [1.82, 2.24) is 5.32 Å². The van der Waals surface area contributed by atoms with Gasteiger partial charge in [0.2, 0.25) is 0 Å². The fraction of sp³-hybridized carbons (Fsp3) is 0.625. The lowest BCUT2D eigenvalue weighted by Crippen LogP contribution is -2.28. The lowest BCUT2D eigenvalue weighted by Gasteiger charge is -2.17. The molecule has 1 atom stereocenters. The Bertz CT molecular complexity index is 303. The summed E-state index contributed by atoms with van der Waals surface area (Å²) >= 11 is 0. The molecule has 0 heterocycles. The maximum atomic E-state index is 5.82. The van der Waals surface area contributed by atoms with E-state index in [9.17, 15) is 0 Å². The highest BCUT2D eigenvalue weighted by Crippen LogP contribution is 2.08. The zero-order valence-corrected chi connectivity index (χ0v) is 12.2. The molecule has 0 radical (unpaired) electrons. The number of hydrogen-bond acceptors (Lipinski definition) is 3. The van der Waals surface area contributed by atoms with Gasteiger partial charge in [-0.2, -0.15) is 0 Å². The summed E-state index contributed by atoms with van der Waals surface area (Å²) in [5.74, 6) is 0.588. The first-order chi connectivity index (χ1) is 9.36. The van der Waals surface area contributed by atoms with Gasteiger partial charge in [-0.05, 0) is 17.9 Å². The monoisotopic (exact) mass is 265 g/mol. The number of benzene rings is 1. The molecule has 0 aromatic heterocycles. The predicted molar refractivity (Wildman–Crippen MR) is 79.2 cm³/mol. The lowest BCUT2D eigenvalue weighted by molar-refractivity contribution is 0.0826. The predicted octanol–water partition coefficient (Wildman–Crippen LogP) is 2.86. The molecule has 1 rings (SSSR count). The SMILES string of the molecule is CCCC(CNCCOC)COCc1ccccc1. The largest absolute Gasteiger partial charge is 0.383 e. The Hall–Kier alpha value is -0.900. The van der Waals surface area contributed by atoms with Crippen LogP contribution in [-0.2, 0) is 16.1 Å². The van der Waals surface area contributed by atoms with Gasteiger partial charge in [0.25, 0.3) is 0 Å². The molecule has 3 heteroatoms. The number of hydrogen-bond donors (Lipinski definition) is 1. The summed E-state index contributed by atoms with van der Waals surface area (Å²) in [6, 6.07) is 10.3. The second-order valence-electron chi connectivity index (χ2n) is 4.85. The molecule has 108 valence electrons. The van der Waals surface area contributed by atoms with Crippen LogP contribution < -0.4 is 5.32 Å². The van der Waals surface area contributed by atoms with Crippen LogP contribution in [0.3, 0.4) is 0 Å². The number of rotatable bonds is 11. The van der Waals surface area contributed by atoms with E-state index in [2.05, 4.69) is 36.5 Å². The van der Waals surface area contributed by atoms with Crippen LogP contribution in [0.5, 0.6) is 0 Å². The molecule has 0 aliphatic rings. The first kappa shape index (κ1) is 16.2. The van der Waals surface area contributed by atoms with Crippen LogP contribution in [0.1, 0.15) is 25.3 Å². The summed E-state index contributed by atoms with van der Waals surface area (Å²) in [5, 5.41) is 3.41. The first-order valence-electron chi connectivity index (χ1n) is 7.18. The second kappa shape index (κ2) is 11.0. The molecule has 19 heavy (non-hydrogen) atoms. The van der Waals surface area contributed by atoms with Gasteiger partial charge in [-0.1, -0.05) is 43.7 Å². The maximum Gasteiger partial charge on any atom is 0.0717 e. The minimum Gasteiger partial charge on any atom is -0.383 e. The third-order valence-electron chi connectivity index (χ3n) is 3.08. The summed E-state index contributed by atoms with van der Waals surface area (Å²) in [4.78, 5) is 0. The second-order valence-corrected chi connectivity index (χ2v) is 4.85. The Kier molecular flexibility index (Phi) is 9.33. The quantitative estimate of drug-likeness (QED) is 0.624. The summed E-state index contributed by atoms with van der Waals surface area (Å²) in [5.41, 5.74) is 1.24. The number of nitrogens with one attached hydrogen (secondary N) is 1. The van der Waals surface area contributed by atoms with Crippen LogP contribution in [0.4, 0.5) is 0 Å². The molecule has 1 aromatic carbocycles. The Balaban J connectivity index is 2.17. The highest BCUT2D eigenvalue weighted by atomic mass is 16.5. The summed E-state index contributed by atoms with van der Waals surface area (Å²) in [6.07, 6.45) is 2.40. The van der Waals surface area contributed by atoms with E-state index in [0.717, 1.165) is 26.3 Å². The molecule has 0 fully saturated rings. The van der Waals surface area contributed by atoms with Crippen molar-refractivity contribution in [3.8, 4) is 0 Å². The molecular weight excluding hydrogens is 238 g/mol. The van der Waals surface area contributed by atoms with Gasteiger partial charge in [-0.15, -0.1) is 0 Å². The van der Waals surface area contributed by atoms with E-state index < -0.39 is 0 Å². The van der Waals surface area contributed by atoms with Gasteiger partial charge in [-0.25, -0.2) is 0 Å². The van der Waals surface area contributed by atoms with Crippen molar-refractivity contribution in [2.45, 2.75) is 26.4 Å². The molecule has 0 saturated heterocycles. The number of ether oxygens (including phenoxy) is 2. The van der Waals surface area contributed by atoms with E-state index in [4.69, 9.17) is 9.47 Å². The van der Waals surface area contributed by atoms with E-state index in [1.807, 2.05) is 6.07 Å². The molecule has 1 aromatic rings. The van der Waals surface area contributed by atoms with E-state index >= 15 is 0 Å². The van der Waals surface area contributed by atoms with Crippen molar-refractivity contribution >= 4 is 0 Å². The molecule has 1 N–H and O–H groups in total. The summed E-state index contributed by atoms with van der Waals surface area (Å²) in [7, 11) is 1.73. The van der Waals surface area contributed by atoms with Gasteiger partial charge in [0, 0.05) is 20.2 Å². The molecule has 0 amide bonds. The highest BCUT2D eigenvalue weighted by molar-refractivity contribution is 5.13. The third kappa shape index (κ3) is 7.98. The number of methoxy groups -OCH3 is 1. The Labute approximate surface area is 117 Å². The average Bonchev–Trinajstić information content (AvgIpc) is 2.44. The van der Waals surface area contributed by atoms with Crippen molar-refractivity contribution < 1.29 is 9.47 Å². The fourth-order valence-corrected chi connectivity index (χ4v) is 2.05. The first-order valence-corrected chi connectivity index (χ1v) is 7.18. The van der Waals surface area contributed by atoms with Crippen LogP contribution in [0.25, 0.3) is 0 Å². The molecule has 0 aliphatic heterocycles. The highest BCUT2D eigenvalue weighted by Gasteiger charge is 2.07. The lowest BCUT2D eigenvalue weighted by atomic mass is 10.1. The van der Waals surface area contributed by atoms with Gasteiger partial charge < -0.3 is 14.8 Å². The Morgan fingerprint density at radius 3 is 2.68 bits per heavy atom. The van der Waals surface area contributed by atoms with Crippen molar-refractivity contribution in [1.29, 1.82) is 0 Å². The molecular formula is C16H27NO2. The molecule has 1 unspecified atom stereocenters. The molecule has 3 nitrogen and oxygen atoms in total. The van der Waals surface area contributed by atoms with Gasteiger partial charge in [0.1, 0.15) is 0 Å². The van der Waals surface area contributed by atoms with Gasteiger partial charge in [0.05, 0.1) is 19.8 Å². The van der Waals surface area contributed by atoms with Gasteiger partial charge >= 0.3 is 0 Å². The van der Waals surface area contributed by atoms with Crippen LogP contribution in [0, 0.1) is 5.92 Å². The smallest absolute Gasteiger partial charge is 0.0717 e. The fourth-order valence-electron chi connectivity index (χ4n) is 2.05. The molecule has 0 aliphatic carbocycles. The normalized spacial score (nSPS) is 12.5. The molecule has 0 bridgehead atoms. The average molecular weight is 265 g/mol. The van der Waals surface area contributed by atoms with E-state index in [-0.39, 0.29) is 0 Å². The molecule has 0 spiro atoms. The zero-order chi connectivity index (χ0) is 13.8. The van der Waals surface area contributed by atoms with Gasteiger partial charge in [0.15, 0.2) is 0 Å². The minimum atomic E-state index is 0.588. The topological polar surface area (TPSA) is 30.5 Å². The summed E-state index contributed by atoms with van der Waals surface area (Å²) in [6.45, 7) is 6.44. The van der Waals surface area contributed by atoms with Crippen LogP contribution in [0.2, 0.25) is 0 Å². The summed E-state index contributed by atoms with van der Waals surface area (Å²) < 4.78 is 10.8. The minimum absolute atomic E-state index is 0.588. The molecule has 0 saturated carbocycles. The zero-order valence-electron chi connectivity index (χ0n) is 12.2. The van der Waals surface area contributed by atoms with Crippen molar-refractivity contribution in [3.05, 3.63) is 35.9 Å². The van der Waals surface area contributed by atoms with Crippen molar-refractivity contribution in [2.24, 2.45) is 5.92 Å². The Morgan fingerprint density at radius 1 is 1.21 bits per heavy atom. The van der Waals surface area contributed by atoms with E-state index in [1.165, 1.54) is 18.4 Å². The van der Waals surface area contributed by atoms with Crippen LogP contribution >= 0.6 is 0 Å². The van der Waals surface area contributed by atoms with Crippen molar-refractivity contribution in [2.75, 3.05) is 33.4 Å². The van der Waals surface area contributed by atoms with E-state index in [1.54, 1.807) is 7.11 Å². The van der Waals surface area contributed by atoms with Crippen LogP contribution in [-0.4, -0.2) is 33.4 Å². The van der Waals surface area contributed by atoms with Crippen LogP contribution in [0.15, 0.2) is 30.3 Å². The van der Waals surface area contributed by atoms with Gasteiger partial charge in [-0.3, -0.25) is 0 Å². The van der Waals surface area contributed by atoms with E-state index in [0.29, 0.717) is 12.5 Å².